The molecule has 0 spiro atoms. The van der Waals surface area contributed by atoms with Crippen molar-refractivity contribution >= 4 is 26.8 Å². The predicted octanol–water partition coefficient (Wildman–Crippen LogP) is 2.17. The molecule has 2 N–H and O–H groups in total. The van der Waals surface area contributed by atoms with Gasteiger partial charge in [0.2, 0.25) is 5.95 Å². The Bertz CT molecular complexity index is 730. The summed E-state index contributed by atoms with van der Waals surface area (Å²) in [5.74, 6) is 0.345. The fourth-order valence-corrected chi connectivity index (χ4v) is 3.01. The Hall–Kier alpha value is -1.56. The van der Waals surface area contributed by atoms with E-state index in [9.17, 15) is 8.42 Å². The number of hydrogen-bond donors (Lipinski definition) is 1. The first-order chi connectivity index (χ1) is 8.68. The average molecular weight is 281 g/mol. The Morgan fingerprint density at radius 3 is 2.53 bits per heavy atom. The van der Waals surface area contributed by atoms with E-state index in [0.29, 0.717) is 11.5 Å². The maximum atomic E-state index is 11.8. The van der Waals surface area contributed by atoms with Crippen LogP contribution >= 0.6 is 0 Å². The van der Waals surface area contributed by atoms with E-state index >= 15 is 0 Å². The minimum Gasteiger partial charge on any atom is -0.369 e. The highest BCUT2D eigenvalue weighted by molar-refractivity contribution is 7.91. The summed E-state index contributed by atoms with van der Waals surface area (Å²) >= 11 is 0. The lowest BCUT2D eigenvalue weighted by Crippen LogP contribution is -2.26. The van der Waals surface area contributed by atoms with Gasteiger partial charge in [-0.05, 0) is 32.4 Å². The molecule has 0 bridgehead atoms. The lowest BCUT2D eigenvalue weighted by molar-refractivity contribution is 0.357. The number of imidazole rings is 1. The van der Waals surface area contributed by atoms with E-state index in [1.165, 1.54) is 6.26 Å². The van der Waals surface area contributed by atoms with Gasteiger partial charge >= 0.3 is 0 Å². The molecule has 0 amide bonds. The van der Waals surface area contributed by atoms with Crippen molar-refractivity contribution in [2.24, 2.45) is 0 Å². The summed E-state index contributed by atoms with van der Waals surface area (Å²) in [6, 6.07) is 5.14. The predicted molar refractivity (Wildman–Crippen MR) is 76.9 cm³/mol. The molecular formula is C13H19N3O2S. The molecule has 0 radical (unpaired) electrons. The Labute approximate surface area is 113 Å². The fraction of sp³-hybridized carbons (Fsp3) is 0.462. The van der Waals surface area contributed by atoms with Crippen LogP contribution in [0.25, 0.3) is 11.0 Å². The van der Waals surface area contributed by atoms with Crippen LogP contribution in [-0.2, 0) is 15.4 Å². The smallest absolute Gasteiger partial charge is 0.201 e. The van der Waals surface area contributed by atoms with E-state index in [-0.39, 0.29) is 10.4 Å². The highest BCUT2D eigenvalue weighted by Crippen LogP contribution is 2.31. The van der Waals surface area contributed by atoms with Gasteiger partial charge in [-0.3, -0.25) is 0 Å². The summed E-state index contributed by atoms with van der Waals surface area (Å²) in [4.78, 5) is 4.48. The zero-order chi connectivity index (χ0) is 14.4. The van der Waals surface area contributed by atoms with Crippen molar-refractivity contribution in [2.45, 2.75) is 37.6 Å². The molecule has 0 unspecified atom stereocenters. The fourth-order valence-electron chi connectivity index (χ4n) is 2.19. The van der Waals surface area contributed by atoms with Gasteiger partial charge in [-0.2, -0.15) is 0 Å². The molecule has 104 valence electrons. The molecule has 6 heteroatoms. The first-order valence-corrected chi connectivity index (χ1v) is 8.05. The number of nitrogen functional groups attached to an aromatic ring is 1. The zero-order valence-electron chi connectivity index (χ0n) is 11.6. The van der Waals surface area contributed by atoms with Crippen molar-refractivity contribution in [3.63, 3.8) is 0 Å². The minimum absolute atomic E-state index is 0.213. The van der Waals surface area contributed by atoms with Crippen LogP contribution in [0.15, 0.2) is 23.1 Å². The van der Waals surface area contributed by atoms with Gasteiger partial charge in [0.1, 0.15) is 5.52 Å². The van der Waals surface area contributed by atoms with Crippen LogP contribution in [-0.4, -0.2) is 24.2 Å². The van der Waals surface area contributed by atoms with Crippen LogP contribution in [0.5, 0.6) is 0 Å². The molecule has 0 saturated heterocycles. The number of hydrogen-bond acceptors (Lipinski definition) is 4. The number of rotatable bonds is 3. The molecule has 0 atom stereocenters. The van der Waals surface area contributed by atoms with E-state index in [1.54, 1.807) is 12.1 Å². The SMILES string of the molecule is CCC(C)(C)n1c(N)nc2c(S(C)(=O)=O)cccc21. The molecule has 1 aromatic heterocycles. The van der Waals surface area contributed by atoms with Crippen molar-refractivity contribution in [3.05, 3.63) is 18.2 Å². The Balaban J connectivity index is 2.89. The molecule has 5 nitrogen and oxygen atoms in total. The first-order valence-electron chi connectivity index (χ1n) is 6.16. The van der Waals surface area contributed by atoms with Crippen molar-refractivity contribution in [2.75, 3.05) is 12.0 Å². The number of aromatic nitrogens is 2. The van der Waals surface area contributed by atoms with E-state index in [4.69, 9.17) is 5.73 Å². The average Bonchev–Trinajstić information content (AvgIpc) is 2.63. The number of sulfone groups is 1. The maximum absolute atomic E-state index is 11.8. The van der Waals surface area contributed by atoms with Crippen LogP contribution in [0.1, 0.15) is 27.2 Å². The number of nitrogens with two attached hydrogens (primary N) is 1. The molecule has 0 aliphatic heterocycles. The summed E-state index contributed by atoms with van der Waals surface area (Å²) in [5.41, 5.74) is 6.98. The van der Waals surface area contributed by atoms with E-state index in [0.717, 1.165) is 11.9 Å². The maximum Gasteiger partial charge on any atom is 0.201 e. The Kier molecular flexibility index (Phi) is 3.09. The highest BCUT2D eigenvalue weighted by Gasteiger charge is 2.25. The summed E-state index contributed by atoms with van der Waals surface area (Å²) in [7, 11) is -3.32. The molecule has 1 heterocycles. The number of nitrogens with zero attached hydrogens (tertiary/aromatic N) is 2. The largest absolute Gasteiger partial charge is 0.369 e. The summed E-state index contributed by atoms with van der Waals surface area (Å²) in [5, 5.41) is 0. The van der Waals surface area contributed by atoms with Crippen LogP contribution in [0.4, 0.5) is 5.95 Å². The number of benzene rings is 1. The third kappa shape index (κ3) is 2.20. The normalized spacial score (nSPS) is 13.1. The molecule has 19 heavy (non-hydrogen) atoms. The standard InChI is InChI=1S/C13H19N3O2S/c1-5-13(2,3)16-9-7-6-8-10(19(4,17)18)11(9)15-12(16)14/h6-8H,5H2,1-4H3,(H2,14,15). The van der Waals surface area contributed by atoms with Gasteiger partial charge in [0.25, 0.3) is 0 Å². The van der Waals surface area contributed by atoms with Gasteiger partial charge in [-0.25, -0.2) is 13.4 Å². The highest BCUT2D eigenvalue weighted by atomic mass is 32.2. The second-order valence-electron chi connectivity index (χ2n) is 5.37. The van der Waals surface area contributed by atoms with Crippen molar-refractivity contribution in [1.82, 2.24) is 9.55 Å². The van der Waals surface area contributed by atoms with Gasteiger partial charge in [-0.1, -0.05) is 13.0 Å². The van der Waals surface area contributed by atoms with Crippen molar-refractivity contribution in [1.29, 1.82) is 0 Å². The lowest BCUT2D eigenvalue weighted by atomic mass is 10.0. The van der Waals surface area contributed by atoms with E-state index in [2.05, 4.69) is 25.8 Å². The zero-order valence-corrected chi connectivity index (χ0v) is 12.5. The van der Waals surface area contributed by atoms with Gasteiger partial charge in [-0.15, -0.1) is 0 Å². The van der Waals surface area contributed by atoms with Gasteiger partial charge < -0.3 is 10.3 Å². The van der Waals surface area contributed by atoms with Crippen molar-refractivity contribution in [3.8, 4) is 0 Å². The van der Waals surface area contributed by atoms with E-state index in [1.807, 2.05) is 10.6 Å². The summed E-state index contributed by atoms with van der Waals surface area (Å²) in [6.45, 7) is 6.17. The third-order valence-electron chi connectivity index (χ3n) is 3.54. The minimum atomic E-state index is -3.32. The van der Waals surface area contributed by atoms with Gasteiger partial charge in [0.15, 0.2) is 9.84 Å². The molecule has 0 fully saturated rings. The van der Waals surface area contributed by atoms with E-state index < -0.39 is 9.84 Å². The number of para-hydroxylation sites is 1. The quantitative estimate of drug-likeness (QED) is 0.935. The lowest BCUT2D eigenvalue weighted by Gasteiger charge is -2.26. The molecule has 2 aromatic rings. The van der Waals surface area contributed by atoms with Crippen LogP contribution in [0, 0.1) is 0 Å². The van der Waals surface area contributed by atoms with Crippen LogP contribution in [0.2, 0.25) is 0 Å². The van der Waals surface area contributed by atoms with Crippen molar-refractivity contribution < 1.29 is 8.42 Å². The molecule has 1 aromatic carbocycles. The molecule has 0 aliphatic rings. The Morgan fingerprint density at radius 1 is 1.37 bits per heavy atom. The van der Waals surface area contributed by atoms with Crippen LogP contribution in [0.3, 0.4) is 0 Å². The number of anilines is 1. The monoisotopic (exact) mass is 281 g/mol. The number of fused-ring (bicyclic) bond motifs is 1. The third-order valence-corrected chi connectivity index (χ3v) is 4.67. The van der Waals surface area contributed by atoms with Gasteiger partial charge in [0.05, 0.1) is 10.4 Å². The van der Waals surface area contributed by atoms with Gasteiger partial charge in [0, 0.05) is 11.8 Å². The topological polar surface area (TPSA) is 78.0 Å². The summed E-state index contributed by atoms with van der Waals surface area (Å²) in [6.07, 6.45) is 2.05. The first kappa shape index (κ1) is 13.9. The second-order valence-corrected chi connectivity index (χ2v) is 7.35. The Morgan fingerprint density at radius 2 is 2.00 bits per heavy atom. The molecular weight excluding hydrogens is 262 g/mol. The summed E-state index contributed by atoms with van der Waals surface area (Å²) < 4.78 is 25.5. The molecule has 0 saturated carbocycles. The second kappa shape index (κ2) is 4.23. The molecule has 2 rings (SSSR count). The molecule has 0 aliphatic carbocycles. The van der Waals surface area contributed by atoms with Crippen LogP contribution < -0.4 is 5.73 Å².